The molecule has 2 unspecified atom stereocenters. The maximum atomic E-state index is 12.4. The van der Waals surface area contributed by atoms with Gasteiger partial charge in [0.25, 0.3) is 5.91 Å². The van der Waals surface area contributed by atoms with E-state index in [0.717, 1.165) is 16.3 Å². The molecule has 0 aliphatic carbocycles. The molecule has 114 valence electrons. The monoisotopic (exact) mass is 362 g/mol. The third-order valence-electron chi connectivity index (χ3n) is 3.82. The average molecular weight is 363 g/mol. The van der Waals surface area contributed by atoms with E-state index >= 15 is 0 Å². The van der Waals surface area contributed by atoms with Crippen LogP contribution in [-0.2, 0) is 4.79 Å². The van der Waals surface area contributed by atoms with Crippen molar-refractivity contribution in [2.45, 2.75) is 19.4 Å². The molecule has 0 radical (unpaired) electrons. The Kier molecular flexibility index (Phi) is 4.06. The highest BCUT2D eigenvalue weighted by Crippen LogP contribution is 2.21. The van der Waals surface area contributed by atoms with E-state index in [4.69, 9.17) is 0 Å². The number of nitrogens with zero attached hydrogens (tertiary/aromatic N) is 2. The highest BCUT2D eigenvalue weighted by Gasteiger charge is 2.30. The summed E-state index contributed by atoms with van der Waals surface area (Å²) in [5, 5.41) is 6.39. The summed E-state index contributed by atoms with van der Waals surface area (Å²) in [5.41, 5.74) is 0.953. The van der Waals surface area contributed by atoms with Crippen molar-refractivity contribution in [1.82, 2.24) is 20.6 Å². The molecule has 6 nitrogen and oxygen atoms in total. The predicted octanol–water partition coefficient (Wildman–Crippen LogP) is 1.65. The minimum atomic E-state index is -0.514. The first kappa shape index (κ1) is 14.9. The number of aromatic nitrogens is 2. The number of fused-ring (bicyclic) bond motifs is 1. The van der Waals surface area contributed by atoms with Crippen LogP contribution in [0.3, 0.4) is 0 Å². The zero-order chi connectivity index (χ0) is 15.7. The summed E-state index contributed by atoms with van der Waals surface area (Å²) < 4.78 is 0.725. The van der Waals surface area contributed by atoms with Crippen LogP contribution in [0, 0.1) is 5.92 Å². The van der Waals surface area contributed by atoms with Gasteiger partial charge in [0.1, 0.15) is 11.7 Å². The number of rotatable bonds is 2. The molecule has 2 aromatic rings. The van der Waals surface area contributed by atoms with Crippen molar-refractivity contribution in [1.29, 1.82) is 0 Å². The van der Waals surface area contributed by atoms with Crippen LogP contribution in [0.4, 0.5) is 0 Å². The third-order valence-corrected chi connectivity index (χ3v) is 4.40. The minimum absolute atomic E-state index is 0.106. The molecule has 7 heteroatoms. The van der Waals surface area contributed by atoms with Crippen LogP contribution >= 0.6 is 15.9 Å². The number of nitrogens with one attached hydrogen (secondary N) is 2. The van der Waals surface area contributed by atoms with Gasteiger partial charge < -0.3 is 10.6 Å². The Balaban J connectivity index is 1.86. The summed E-state index contributed by atoms with van der Waals surface area (Å²) in [4.78, 5) is 32.7. The van der Waals surface area contributed by atoms with E-state index in [1.165, 1.54) is 0 Å². The van der Waals surface area contributed by atoms with Crippen LogP contribution in [-0.4, -0.2) is 34.4 Å². The van der Waals surface area contributed by atoms with Gasteiger partial charge in [0.15, 0.2) is 0 Å². The molecule has 1 saturated heterocycles. The Morgan fingerprint density at radius 3 is 3.00 bits per heavy atom. The fourth-order valence-electron chi connectivity index (χ4n) is 2.52. The standard InChI is InChI=1S/C15H15BrN4O2/c1-8-4-5-18-15(22)12(8)20-14(21)11-3-2-9-6-17-7-10(16)13(9)19-11/h2-3,6-8,12H,4-5H2,1H3,(H,18,22)(H,20,21). The number of hydrogen-bond donors (Lipinski definition) is 2. The second kappa shape index (κ2) is 6.00. The topological polar surface area (TPSA) is 84.0 Å². The van der Waals surface area contributed by atoms with Gasteiger partial charge in [0.2, 0.25) is 5.91 Å². The molecule has 3 heterocycles. The molecule has 0 spiro atoms. The lowest BCUT2D eigenvalue weighted by Crippen LogP contribution is -2.54. The Bertz CT molecular complexity index is 749. The number of hydrogen-bond acceptors (Lipinski definition) is 4. The van der Waals surface area contributed by atoms with Gasteiger partial charge >= 0.3 is 0 Å². The van der Waals surface area contributed by atoms with Crippen molar-refractivity contribution in [2.24, 2.45) is 5.92 Å². The van der Waals surface area contributed by atoms with Crippen molar-refractivity contribution in [3.63, 3.8) is 0 Å². The van der Waals surface area contributed by atoms with Gasteiger partial charge in [0, 0.05) is 24.3 Å². The van der Waals surface area contributed by atoms with E-state index in [0.29, 0.717) is 12.1 Å². The summed E-state index contributed by atoms with van der Waals surface area (Å²) in [6.45, 7) is 2.61. The number of amides is 2. The lowest BCUT2D eigenvalue weighted by molar-refractivity contribution is -0.125. The fraction of sp³-hybridized carbons (Fsp3) is 0.333. The Hall–Kier alpha value is -2.02. The molecule has 0 bridgehead atoms. The molecular weight excluding hydrogens is 348 g/mol. The molecule has 2 amide bonds. The van der Waals surface area contributed by atoms with Crippen LogP contribution < -0.4 is 10.6 Å². The van der Waals surface area contributed by atoms with Gasteiger partial charge in [-0.2, -0.15) is 0 Å². The molecule has 2 atom stereocenters. The number of carbonyl (C=O) groups excluding carboxylic acids is 2. The van der Waals surface area contributed by atoms with Crippen LogP contribution in [0.5, 0.6) is 0 Å². The van der Waals surface area contributed by atoms with Crippen molar-refractivity contribution < 1.29 is 9.59 Å². The second-order valence-corrected chi connectivity index (χ2v) is 6.25. The number of pyridine rings is 2. The van der Waals surface area contributed by atoms with Crippen LogP contribution in [0.2, 0.25) is 0 Å². The summed E-state index contributed by atoms with van der Waals surface area (Å²) >= 11 is 3.38. The highest BCUT2D eigenvalue weighted by atomic mass is 79.9. The zero-order valence-corrected chi connectivity index (χ0v) is 13.6. The molecular formula is C15H15BrN4O2. The number of piperidine rings is 1. The van der Waals surface area contributed by atoms with Gasteiger partial charge in [0.05, 0.1) is 9.99 Å². The first-order valence-corrected chi connectivity index (χ1v) is 7.84. The Morgan fingerprint density at radius 2 is 2.23 bits per heavy atom. The van der Waals surface area contributed by atoms with Crippen LogP contribution in [0.15, 0.2) is 29.0 Å². The van der Waals surface area contributed by atoms with Gasteiger partial charge in [-0.25, -0.2) is 4.98 Å². The van der Waals surface area contributed by atoms with Crippen LogP contribution in [0.25, 0.3) is 10.9 Å². The molecule has 22 heavy (non-hydrogen) atoms. The molecule has 0 aromatic carbocycles. The first-order valence-electron chi connectivity index (χ1n) is 7.05. The quantitative estimate of drug-likeness (QED) is 0.850. The summed E-state index contributed by atoms with van der Waals surface area (Å²) in [5.74, 6) is -0.383. The van der Waals surface area contributed by atoms with E-state index in [2.05, 4.69) is 36.5 Å². The van der Waals surface area contributed by atoms with Crippen molar-refractivity contribution in [3.05, 3.63) is 34.7 Å². The smallest absolute Gasteiger partial charge is 0.270 e. The van der Waals surface area contributed by atoms with Crippen molar-refractivity contribution in [2.75, 3.05) is 6.54 Å². The first-order chi connectivity index (χ1) is 10.6. The van der Waals surface area contributed by atoms with Crippen LogP contribution in [0.1, 0.15) is 23.8 Å². The van der Waals surface area contributed by atoms with Gasteiger partial charge in [-0.1, -0.05) is 6.92 Å². The maximum Gasteiger partial charge on any atom is 0.270 e. The molecule has 2 N–H and O–H groups in total. The largest absolute Gasteiger partial charge is 0.354 e. The Morgan fingerprint density at radius 1 is 1.41 bits per heavy atom. The number of halogens is 1. The minimum Gasteiger partial charge on any atom is -0.354 e. The SMILES string of the molecule is CC1CCNC(=O)C1NC(=O)c1ccc2cncc(Br)c2n1. The van der Waals surface area contributed by atoms with E-state index in [1.54, 1.807) is 24.5 Å². The van der Waals surface area contributed by atoms with Gasteiger partial charge in [-0.3, -0.25) is 14.6 Å². The molecule has 1 fully saturated rings. The fourth-order valence-corrected chi connectivity index (χ4v) is 2.95. The summed E-state index contributed by atoms with van der Waals surface area (Å²) in [6.07, 6.45) is 4.16. The third kappa shape index (κ3) is 2.81. The second-order valence-electron chi connectivity index (χ2n) is 5.40. The molecule has 2 aromatic heterocycles. The molecule has 1 aliphatic heterocycles. The van der Waals surface area contributed by atoms with Crippen molar-refractivity contribution >= 4 is 38.6 Å². The molecule has 0 saturated carbocycles. The van der Waals surface area contributed by atoms with E-state index < -0.39 is 6.04 Å². The number of carbonyl (C=O) groups is 2. The lowest BCUT2D eigenvalue weighted by Gasteiger charge is -2.28. The van der Waals surface area contributed by atoms with E-state index in [9.17, 15) is 9.59 Å². The van der Waals surface area contributed by atoms with Crippen molar-refractivity contribution in [3.8, 4) is 0 Å². The normalized spacial score (nSPS) is 21.5. The van der Waals surface area contributed by atoms with Gasteiger partial charge in [-0.15, -0.1) is 0 Å². The Labute approximate surface area is 135 Å². The molecule has 3 rings (SSSR count). The van der Waals surface area contributed by atoms with E-state index in [1.807, 2.05) is 6.92 Å². The zero-order valence-electron chi connectivity index (χ0n) is 12.0. The predicted molar refractivity (Wildman–Crippen MR) is 85.3 cm³/mol. The molecule has 1 aliphatic rings. The summed E-state index contributed by atoms with van der Waals surface area (Å²) in [7, 11) is 0. The van der Waals surface area contributed by atoms with E-state index in [-0.39, 0.29) is 23.4 Å². The van der Waals surface area contributed by atoms with Gasteiger partial charge in [-0.05, 0) is 40.4 Å². The average Bonchev–Trinajstić information content (AvgIpc) is 2.51. The maximum absolute atomic E-state index is 12.4. The summed E-state index contributed by atoms with van der Waals surface area (Å²) in [6, 6.07) is 2.91. The lowest BCUT2D eigenvalue weighted by atomic mass is 9.94. The highest BCUT2D eigenvalue weighted by molar-refractivity contribution is 9.10.